The van der Waals surface area contributed by atoms with E-state index in [4.69, 9.17) is 0 Å². The molecule has 1 fully saturated rings. The third-order valence-electron chi connectivity index (χ3n) is 3.18. The van der Waals surface area contributed by atoms with E-state index in [-0.39, 0.29) is 17.4 Å². The van der Waals surface area contributed by atoms with Gasteiger partial charge < -0.3 is 15.4 Å². The quantitative estimate of drug-likeness (QED) is 0.874. The second kappa shape index (κ2) is 5.97. The molecule has 1 aliphatic heterocycles. The van der Waals surface area contributed by atoms with Gasteiger partial charge in [-0.3, -0.25) is 4.79 Å². The Morgan fingerprint density at radius 2 is 2.16 bits per heavy atom. The summed E-state index contributed by atoms with van der Waals surface area (Å²) in [7, 11) is 0. The standard InChI is InChI=1S/C13H16F2N2O2/c1-8-6-16-7-10(8)17-12(18)9-4-2-3-5-11(9)19-13(14)15/h2-5,8,10,13,16H,6-7H2,1H3,(H,17,18). The van der Waals surface area contributed by atoms with Crippen LogP contribution in [-0.2, 0) is 0 Å². The van der Waals surface area contributed by atoms with Crippen molar-refractivity contribution >= 4 is 5.91 Å². The monoisotopic (exact) mass is 270 g/mol. The minimum atomic E-state index is -2.94. The zero-order chi connectivity index (χ0) is 13.8. The molecule has 6 heteroatoms. The second-order valence-electron chi connectivity index (χ2n) is 4.59. The maximum atomic E-state index is 12.3. The topological polar surface area (TPSA) is 50.4 Å². The SMILES string of the molecule is CC1CNCC1NC(=O)c1ccccc1OC(F)F. The van der Waals surface area contributed by atoms with Gasteiger partial charge in [-0.1, -0.05) is 19.1 Å². The minimum Gasteiger partial charge on any atom is -0.434 e. The first-order valence-electron chi connectivity index (χ1n) is 6.13. The Labute approximate surface area is 110 Å². The molecule has 0 radical (unpaired) electrons. The van der Waals surface area contributed by atoms with Crippen LogP contribution >= 0.6 is 0 Å². The maximum absolute atomic E-state index is 12.3. The molecule has 104 valence electrons. The van der Waals surface area contributed by atoms with E-state index in [2.05, 4.69) is 15.4 Å². The molecule has 0 bridgehead atoms. The van der Waals surface area contributed by atoms with Crippen molar-refractivity contribution in [1.29, 1.82) is 0 Å². The van der Waals surface area contributed by atoms with E-state index in [9.17, 15) is 13.6 Å². The molecule has 1 heterocycles. The third-order valence-corrected chi connectivity index (χ3v) is 3.18. The number of nitrogens with one attached hydrogen (secondary N) is 2. The van der Waals surface area contributed by atoms with Crippen LogP contribution in [0.3, 0.4) is 0 Å². The summed E-state index contributed by atoms with van der Waals surface area (Å²) in [6.07, 6.45) is 0. The summed E-state index contributed by atoms with van der Waals surface area (Å²) in [6.45, 7) is 0.596. The Morgan fingerprint density at radius 3 is 2.79 bits per heavy atom. The highest BCUT2D eigenvalue weighted by atomic mass is 19.3. The highest BCUT2D eigenvalue weighted by Crippen LogP contribution is 2.20. The first-order valence-corrected chi connectivity index (χ1v) is 6.13. The summed E-state index contributed by atoms with van der Waals surface area (Å²) >= 11 is 0. The molecule has 0 aliphatic carbocycles. The second-order valence-corrected chi connectivity index (χ2v) is 4.59. The van der Waals surface area contributed by atoms with Crippen LogP contribution in [0.4, 0.5) is 8.78 Å². The molecular formula is C13H16F2N2O2. The number of hydrogen-bond acceptors (Lipinski definition) is 3. The van der Waals surface area contributed by atoms with Crippen molar-refractivity contribution in [3.63, 3.8) is 0 Å². The number of halogens is 2. The van der Waals surface area contributed by atoms with Crippen LogP contribution in [-0.4, -0.2) is 31.7 Å². The number of amides is 1. The lowest BCUT2D eigenvalue weighted by molar-refractivity contribution is -0.0501. The van der Waals surface area contributed by atoms with Gasteiger partial charge in [-0.05, 0) is 24.6 Å². The van der Waals surface area contributed by atoms with Crippen LogP contribution in [0.1, 0.15) is 17.3 Å². The first kappa shape index (κ1) is 13.7. The van der Waals surface area contributed by atoms with E-state index in [1.165, 1.54) is 12.1 Å². The Kier molecular flexibility index (Phi) is 4.31. The molecule has 1 saturated heterocycles. The van der Waals surface area contributed by atoms with Gasteiger partial charge >= 0.3 is 6.61 Å². The molecule has 2 unspecified atom stereocenters. The van der Waals surface area contributed by atoms with Crippen LogP contribution in [0.5, 0.6) is 5.75 Å². The van der Waals surface area contributed by atoms with E-state index < -0.39 is 12.5 Å². The van der Waals surface area contributed by atoms with Gasteiger partial charge in [0.15, 0.2) is 0 Å². The number of hydrogen-bond donors (Lipinski definition) is 2. The summed E-state index contributed by atoms with van der Waals surface area (Å²) in [5.41, 5.74) is 0.127. The number of alkyl halides is 2. The lowest BCUT2D eigenvalue weighted by atomic mass is 10.1. The van der Waals surface area contributed by atoms with Crippen LogP contribution in [0.25, 0.3) is 0 Å². The molecule has 4 nitrogen and oxygen atoms in total. The van der Waals surface area contributed by atoms with Crippen LogP contribution in [0.2, 0.25) is 0 Å². The summed E-state index contributed by atoms with van der Waals surface area (Å²) in [5.74, 6) is -0.183. The van der Waals surface area contributed by atoms with Crippen molar-refractivity contribution in [1.82, 2.24) is 10.6 Å². The molecule has 2 N–H and O–H groups in total. The van der Waals surface area contributed by atoms with Crippen molar-refractivity contribution in [2.24, 2.45) is 5.92 Å². The Bertz CT molecular complexity index is 454. The summed E-state index contributed by atoms with van der Waals surface area (Å²) in [6, 6.07) is 6.00. The fourth-order valence-electron chi connectivity index (χ4n) is 2.10. The van der Waals surface area contributed by atoms with Crippen LogP contribution in [0.15, 0.2) is 24.3 Å². The lowest BCUT2D eigenvalue weighted by Gasteiger charge is -2.17. The smallest absolute Gasteiger partial charge is 0.387 e. The van der Waals surface area contributed by atoms with Crippen molar-refractivity contribution in [3.8, 4) is 5.75 Å². The Balaban J connectivity index is 2.10. The molecule has 2 rings (SSSR count). The van der Waals surface area contributed by atoms with Gasteiger partial charge in [0, 0.05) is 12.6 Å². The van der Waals surface area contributed by atoms with Gasteiger partial charge in [0.1, 0.15) is 5.75 Å². The number of rotatable bonds is 4. The molecular weight excluding hydrogens is 254 g/mol. The zero-order valence-corrected chi connectivity index (χ0v) is 10.5. The van der Waals surface area contributed by atoms with E-state index in [0.717, 1.165) is 6.54 Å². The minimum absolute atomic E-state index is 0.00658. The first-order chi connectivity index (χ1) is 9.08. The molecule has 1 aromatic carbocycles. The molecule has 0 spiro atoms. The normalized spacial score (nSPS) is 22.5. The highest BCUT2D eigenvalue weighted by molar-refractivity contribution is 5.97. The average Bonchev–Trinajstić information content (AvgIpc) is 2.75. The molecule has 1 amide bonds. The van der Waals surface area contributed by atoms with Crippen molar-refractivity contribution < 1.29 is 18.3 Å². The molecule has 2 atom stereocenters. The van der Waals surface area contributed by atoms with Gasteiger partial charge in [-0.15, -0.1) is 0 Å². The third kappa shape index (κ3) is 3.41. The predicted molar refractivity (Wildman–Crippen MR) is 66.4 cm³/mol. The molecule has 0 saturated carbocycles. The summed E-state index contributed by atoms with van der Waals surface area (Å²) < 4.78 is 28.9. The number of ether oxygens (including phenoxy) is 1. The molecule has 1 aliphatic rings. The number of para-hydroxylation sites is 1. The van der Waals surface area contributed by atoms with Crippen LogP contribution < -0.4 is 15.4 Å². The van der Waals surface area contributed by atoms with Gasteiger partial charge in [-0.25, -0.2) is 0 Å². The van der Waals surface area contributed by atoms with E-state index in [1.807, 2.05) is 6.92 Å². The average molecular weight is 270 g/mol. The van der Waals surface area contributed by atoms with Crippen LogP contribution in [0, 0.1) is 5.92 Å². The van der Waals surface area contributed by atoms with E-state index in [1.54, 1.807) is 12.1 Å². The van der Waals surface area contributed by atoms with Crippen molar-refractivity contribution in [2.45, 2.75) is 19.6 Å². The highest BCUT2D eigenvalue weighted by Gasteiger charge is 2.26. The van der Waals surface area contributed by atoms with E-state index in [0.29, 0.717) is 12.5 Å². The molecule has 1 aromatic rings. The number of carbonyl (C=O) groups excluding carboxylic acids is 1. The predicted octanol–water partition coefficient (Wildman–Crippen LogP) is 1.63. The van der Waals surface area contributed by atoms with Crippen molar-refractivity contribution in [3.05, 3.63) is 29.8 Å². The molecule has 19 heavy (non-hydrogen) atoms. The number of benzene rings is 1. The fourth-order valence-corrected chi connectivity index (χ4v) is 2.10. The lowest BCUT2D eigenvalue weighted by Crippen LogP contribution is -2.39. The molecule has 0 aromatic heterocycles. The zero-order valence-electron chi connectivity index (χ0n) is 10.5. The van der Waals surface area contributed by atoms with E-state index >= 15 is 0 Å². The number of carbonyl (C=O) groups is 1. The van der Waals surface area contributed by atoms with Gasteiger partial charge in [0.25, 0.3) is 5.91 Å². The summed E-state index contributed by atoms with van der Waals surface area (Å²) in [4.78, 5) is 12.1. The Hall–Kier alpha value is -1.69. The Morgan fingerprint density at radius 1 is 1.42 bits per heavy atom. The maximum Gasteiger partial charge on any atom is 0.387 e. The largest absolute Gasteiger partial charge is 0.434 e. The van der Waals surface area contributed by atoms with Crippen molar-refractivity contribution in [2.75, 3.05) is 13.1 Å². The van der Waals surface area contributed by atoms with Gasteiger partial charge in [0.05, 0.1) is 5.56 Å². The fraction of sp³-hybridized carbons (Fsp3) is 0.462. The summed E-state index contributed by atoms with van der Waals surface area (Å²) in [5, 5.41) is 5.99. The van der Waals surface area contributed by atoms with Gasteiger partial charge in [0.2, 0.25) is 0 Å². The van der Waals surface area contributed by atoms with Gasteiger partial charge in [-0.2, -0.15) is 8.78 Å².